The first-order chi connectivity index (χ1) is 8.26. The number of rotatable bonds is 2. The quantitative estimate of drug-likeness (QED) is 0.810. The molecule has 1 fully saturated rings. The Morgan fingerprint density at radius 2 is 2.06 bits per heavy atom. The van der Waals surface area contributed by atoms with Crippen LogP contribution in [0.5, 0.6) is 0 Å². The third-order valence-electron chi connectivity index (χ3n) is 3.36. The smallest absolute Gasteiger partial charge is 0.252 e. The molecule has 2 nitrogen and oxygen atoms in total. The molecule has 0 spiro atoms. The van der Waals surface area contributed by atoms with Gasteiger partial charge in [0.05, 0.1) is 23.0 Å². The molecule has 1 heterocycles. The Balaban J connectivity index is 2.34. The number of allylic oxidation sites excluding steroid dienone is 1. The number of alkyl halides is 3. The molecule has 18 heavy (non-hydrogen) atoms. The highest BCUT2D eigenvalue weighted by Crippen LogP contribution is 2.62. The normalized spacial score (nSPS) is 18.9. The molecule has 1 aromatic rings. The maximum atomic E-state index is 12.9. The van der Waals surface area contributed by atoms with E-state index < -0.39 is 11.6 Å². The van der Waals surface area contributed by atoms with Gasteiger partial charge >= 0.3 is 6.18 Å². The molecule has 0 amide bonds. The van der Waals surface area contributed by atoms with Gasteiger partial charge in [0.15, 0.2) is 0 Å². The Morgan fingerprint density at radius 3 is 2.50 bits per heavy atom. The monoisotopic (exact) mass is 276 g/mol. The lowest BCUT2D eigenvalue weighted by molar-refractivity contribution is -0.174. The standard InChI is InChI=1S/C12H12ClF3N2/c1-7(11(3-4-11)12(14,15)16)5-9-8(2)18-10(13)6-17-9/h5-6H,3-4H2,1-2H3/b7-5+. The van der Waals surface area contributed by atoms with Crippen LogP contribution in [0.1, 0.15) is 31.2 Å². The average molecular weight is 277 g/mol. The Kier molecular flexibility index (Phi) is 3.13. The molecule has 0 unspecified atom stereocenters. The summed E-state index contributed by atoms with van der Waals surface area (Å²) in [6, 6.07) is 0. The van der Waals surface area contributed by atoms with Crippen LogP contribution in [0.25, 0.3) is 6.08 Å². The summed E-state index contributed by atoms with van der Waals surface area (Å²) < 4.78 is 38.7. The highest BCUT2D eigenvalue weighted by molar-refractivity contribution is 6.29. The second-order valence-electron chi connectivity index (χ2n) is 4.57. The van der Waals surface area contributed by atoms with E-state index in [4.69, 9.17) is 11.6 Å². The van der Waals surface area contributed by atoms with Crippen LogP contribution < -0.4 is 0 Å². The molecule has 0 aromatic carbocycles. The third kappa shape index (κ3) is 2.23. The van der Waals surface area contributed by atoms with Crippen molar-refractivity contribution < 1.29 is 13.2 Å². The van der Waals surface area contributed by atoms with Gasteiger partial charge in [-0.15, -0.1) is 0 Å². The van der Waals surface area contributed by atoms with E-state index in [9.17, 15) is 13.2 Å². The molecule has 1 aliphatic carbocycles. The van der Waals surface area contributed by atoms with Crippen molar-refractivity contribution >= 4 is 17.7 Å². The summed E-state index contributed by atoms with van der Waals surface area (Å²) in [5, 5.41) is 0.235. The van der Waals surface area contributed by atoms with Gasteiger partial charge in [0.2, 0.25) is 0 Å². The van der Waals surface area contributed by atoms with Crippen molar-refractivity contribution in [3.8, 4) is 0 Å². The molecule has 1 aliphatic rings. The largest absolute Gasteiger partial charge is 0.398 e. The van der Waals surface area contributed by atoms with Crippen LogP contribution in [0.3, 0.4) is 0 Å². The Morgan fingerprint density at radius 1 is 1.44 bits per heavy atom. The molecule has 0 N–H and O–H groups in total. The fourth-order valence-corrected chi connectivity index (χ4v) is 2.15. The minimum Gasteiger partial charge on any atom is -0.252 e. The van der Waals surface area contributed by atoms with Crippen molar-refractivity contribution in [1.29, 1.82) is 0 Å². The predicted molar refractivity (Wildman–Crippen MR) is 63.2 cm³/mol. The van der Waals surface area contributed by atoms with Gasteiger partial charge in [0.25, 0.3) is 0 Å². The maximum Gasteiger partial charge on any atom is 0.398 e. The molecule has 1 aromatic heterocycles. The minimum absolute atomic E-state index is 0.152. The van der Waals surface area contributed by atoms with E-state index in [0.717, 1.165) is 0 Å². The van der Waals surface area contributed by atoms with Gasteiger partial charge in [-0.2, -0.15) is 13.2 Å². The van der Waals surface area contributed by atoms with Gasteiger partial charge < -0.3 is 0 Å². The number of aromatic nitrogens is 2. The fourth-order valence-electron chi connectivity index (χ4n) is 1.97. The zero-order valence-electron chi connectivity index (χ0n) is 9.98. The van der Waals surface area contributed by atoms with Gasteiger partial charge in [0, 0.05) is 0 Å². The SMILES string of the molecule is C/C(=C\c1ncc(Cl)nc1C)C1(C(F)(F)F)CC1. The van der Waals surface area contributed by atoms with Gasteiger partial charge in [-0.1, -0.05) is 17.2 Å². The van der Waals surface area contributed by atoms with Crippen molar-refractivity contribution in [2.75, 3.05) is 0 Å². The van der Waals surface area contributed by atoms with E-state index in [1.165, 1.54) is 19.2 Å². The van der Waals surface area contributed by atoms with E-state index in [1.54, 1.807) is 6.92 Å². The molecule has 0 atom stereocenters. The number of nitrogens with zero attached hydrogens (tertiary/aromatic N) is 2. The van der Waals surface area contributed by atoms with E-state index in [0.29, 0.717) is 11.4 Å². The Labute approximate surface area is 108 Å². The lowest BCUT2D eigenvalue weighted by atomic mass is 9.95. The molecule has 0 aliphatic heterocycles. The summed E-state index contributed by atoms with van der Waals surface area (Å²) in [7, 11) is 0. The maximum absolute atomic E-state index is 12.9. The van der Waals surface area contributed by atoms with Crippen LogP contribution in [-0.4, -0.2) is 16.1 Å². The summed E-state index contributed by atoms with van der Waals surface area (Å²) in [6.07, 6.45) is -1.10. The lowest BCUT2D eigenvalue weighted by Crippen LogP contribution is -2.25. The zero-order valence-corrected chi connectivity index (χ0v) is 10.7. The van der Waals surface area contributed by atoms with Crippen molar-refractivity contribution in [1.82, 2.24) is 9.97 Å². The lowest BCUT2D eigenvalue weighted by Gasteiger charge is -2.20. The molecule has 0 bridgehead atoms. The first-order valence-corrected chi connectivity index (χ1v) is 5.89. The summed E-state index contributed by atoms with van der Waals surface area (Å²) >= 11 is 5.65. The minimum atomic E-state index is -4.19. The Hall–Kier alpha value is -1.10. The second-order valence-corrected chi connectivity index (χ2v) is 4.96. The molecular formula is C12H12ClF3N2. The number of hydrogen-bond donors (Lipinski definition) is 0. The highest BCUT2D eigenvalue weighted by Gasteiger charge is 2.64. The van der Waals surface area contributed by atoms with Crippen LogP contribution in [0.2, 0.25) is 5.15 Å². The summed E-state index contributed by atoms with van der Waals surface area (Å²) in [4.78, 5) is 7.97. The van der Waals surface area contributed by atoms with Gasteiger partial charge in [-0.3, -0.25) is 4.98 Å². The number of halogens is 4. The molecular weight excluding hydrogens is 265 g/mol. The average Bonchev–Trinajstić information content (AvgIpc) is 3.01. The molecule has 2 rings (SSSR count). The highest BCUT2D eigenvalue weighted by atomic mass is 35.5. The van der Waals surface area contributed by atoms with Crippen LogP contribution >= 0.6 is 11.6 Å². The zero-order chi connectivity index (χ0) is 13.6. The number of hydrogen-bond acceptors (Lipinski definition) is 2. The van der Waals surface area contributed by atoms with Gasteiger partial charge in [0.1, 0.15) is 5.15 Å². The van der Waals surface area contributed by atoms with Crippen molar-refractivity contribution in [3.63, 3.8) is 0 Å². The third-order valence-corrected chi connectivity index (χ3v) is 3.54. The van der Waals surface area contributed by atoms with Gasteiger partial charge in [-0.05, 0) is 32.8 Å². The summed E-state index contributed by atoms with van der Waals surface area (Å²) in [6.45, 7) is 3.17. The fraction of sp³-hybridized carbons (Fsp3) is 0.500. The first-order valence-electron chi connectivity index (χ1n) is 5.51. The van der Waals surface area contributed by atoms with E-state index in [1.807, 2.05) is 0 Å². The molecule has 98 valence electrons. The van der Waals surface area contributed by atoms with Gasteiger partial charge in [-0.25, -0.2) is 4.98 Å². The molecule has 0 radical (unpaired) electrons. The summed E-state index contributed by atoms with van der Waals surface area (Å²) in [5.74, 6) is 0. The van der Waals surface area contributed by atoms with Crippen LogP contribution in [0, 0.1) is 12.3 Å². The van der Waals surface area contributed by atoms with Crippen molar-refractivity contribution in [2.24, 2.45) is 5.41 Å². The topological polar surface area (TPSA) is 25.8 Å². The van der Waals surface area contributed by atoms with E-state index >= 15 is 0 Å². The Bertz CT molecular complexity index is 505. The predicted octanol–water partition coefficient (Wildman–Crippen LogP) is 4.18. The van der Waals surface area contributed by atoms with E-state index in [2.05, 4.69) is 9.97 Å². The summed E-state index contributed by atoms with van der Waals surface area (Å²) in [5.41, 5.74) is -0.400. The molecule has 1 saturated carbocycles. The van der Waals surface area contributed by atoms with Crippen LogP contribution in [-0.2, 0) is 0 Å². The van der Waals surface area contributed by atoms with E-state index in [-0.39, 0.29) is 23.6 Å². The second kappa shape index (κ2) is 4.23. The molecule has 0 saturated heterocycles. The van der Waals surface area contributed by atoms with Crippen molar-refractivity contribution in [3.05, 3.63) is 28.3 Å². The first kappa shape index (κ1) is 13.3. The van der Waals surface area contributed by atoms with Crippen LogP contribution in [0.4, 0.5) is 13.2 Å². The van der Waals surface area contributed by atoms with Crippen molar-refractivity contribution in [2.45, 2.75) is 32.9 Å². The molecule has 6 heteroatoms. The number of aryl methyl sites for hydroxylation is 1. The van der Waals surface area contributed by atoms with Crippen LogP contribution in [0.15, 0.2) is 11.8 Å².